The Balaban J connectivity index is 2.00. The summed E-state index contributed by atoms with van der Waals surface area (Å²) in [4.78, 5) is 16.5. The minimum absolute atomic E-state index is 0.163. The first-order valence-electron chi connectivity index (χ1n) is 8.06. The molecule has 0 aromatic heterocycles. The quantitative estimate of drug-likeness (QED) is 0.572. The van der Waals surface area contributed by atoms with Gasteiger partial charge in [-0.1, -0.05) is 17.7 Å². The van der Waals surface area contributed by atoms with E-state index in [9.17, 15) is 4.79 Å². The van der Waals surface area contributed by atoms with E-state index in [1.54, 1.807) is 30.3 Å². The van der Waals surface area contributed by atoms with Gasteiger partial charge >= 0.3 is 5.97 Å². The molecular weight excluding hydrogens is 370 g/mol. The standard InChI is InChI=1S/C20H18ClNO5/c1-11-5-6-13(10-14(11)21)19-22-15(20(23)27-19)7-12-8-16(24-2)18(26-4)17(9-12)25-3/h5-10H,1-4H3/b15-7-. The third-order valence-electron chi connectivity index (χ3n) is 4.03. The summed E-state index contributed by atoms with van der Waals surface area (Å²) >= 11 is 6.14. The Bertz CT molecular complexity index is 940. The normalized spacial score (nSPS) is 14.8. The van der Waals surface area contributed by atoms with Crippen molar-refractivity contribution >= 4 is 29.5 Å². The number of hydrogen-bond donors (Lipinski definition) is 0. The Hall–Kier alpha value is -2.99. The molecule has 0 bridgehead atoms. The van der Waals surface area contributed by atoms with E-state index in [1.807, 2.05) is 13.0 Å². The fourth-order valence-corrected chi connectivity index (χ4v) is 2.78. The van der Waals surface area contributed by atoms with Crippen molar-refractivity contribution in [3.63, 3.8) is 0 Å². The molecule has 0 saturated carbocycles. The molecule has 0 fully saturated rings. The summed E-state index contributed by atoms with van der Waals surface area (Å²) in [5.41, 5.74) is 2.38. The van der Waals surface area contributed by atoms with Gasteiger partial charge in [-0.05, 0) is 48.4 Å². The van der Waals surface area contributed by atoms with Crippen LogP contribution < -0.4 is 14.2 Å². The van der Waals surface area contributed by atoms with Gasteiger partial charge in [0.1, 0.15) is 0 Å². The van der Waals surface area contributed by atoms with Crippen LogP contribution in [-0.2, 0) is 9.53 Å². The lowest BCUT2D eigenvalue weighted by Gasteiger charge is -2.12. The highest BCUT2D eigenvalue weighted by atomic mass is 35.5. The van der Waals surface area contributed by atoms with Crippen LogP contribution >= 0.6 is 11.6 Å². The predicted octanol–water partition coefficient (Wildman–Crippen LogP) is 4.02. The van der Waals surface area contributed by atoms with Crippen LogP contribution in [0.1, 0.15) is 16.7 Å². The SMILES string of the molecule is COc1cc(/C=C2\N=C(c3ccc(C)c(Cl)c3)OC2=O)cc(OC)c1OC. The number of aliphatic imine (C=N–C) groups is 1. The molecule has 27 heavy (non-hydrogen) atoms. The molecule has 6 nitrogen and oxygen atoms in total. The number of carbonyl (C=O) groups is 1. The van der Waals surface area contributed by atoms with E-state index in [-0.39, 0.29) is 11.6 Å². The molecule has 3 rings (SSSR count). The third-order valence-corrected chi connectivity index (χ3v) is 4.44. The Labute approximate surface area is 162 Å². The lowest BCUT2D eigenvalue weighted by Crippen LogP contribution is -2.05. The number of hydrogen-bond acceptors (Lipinski definition) is 6. The zero-order valence-corrected chi connectivity index (χ0v) is 16.1. The van der Waals surface area contributed by atoms with E-state index < -0.39 is 5.97 Å². The van der Waals surface area contributed by atoms with Crippen LogP contribution in [0.4, 0.5) is 0 Å². The summed E-state index contributed by atoms with van der Waals surface area (Å²) in [7, 11) is 4.57. The zero-order chi connectivity index (χ0) is 19.6. The maximum Gasteiger partial charge on any atom is 0.363 e. The largest absolute Gasteiger partial charge is 0.493 e. The van der Waals surface area contributed by atoms with E-state index in [0.717, 1.165) is 5.56 Å². The summed E-state index contributed by atoms with van der Waals surface area (Å²) in [6.07, 6.45) is 1.59. The van der Waals surface area contributed by atoms with Gasteiger partial charge in [-0.3, -0.25) is 0 Å². The van der Waals surface area contributed by atoms with Gasteiger partial charge in [0, 0.05) is 10.6 Å². The molecule has 0 aliphatic carbocycles. The van der Waals surface area contributed by atoms with Gasteiger partial charge in [-0.15, -0.1) is 0 Å². The number of esters is 1. The molecule has 140 valence electrons. The maximum atomic E-state index is 12.2. The number of benzene rings is 2. The molecule has 0 radical (unpaired) electrons. The minimum Gasteiger partial charge on any atom is -0.493 e. The maximum absolute atomic E-state index is 12.2. The second kappa shape index (κ2) is 7.72. The smallest absolute Gasteiger partial charge is 0.363 e. The van der Waals surface area contributed by atoms with Crippen LogP contribution in [0.5, 0.6) is 17.2 Å². The Morgan fingerprint density at radius 1 is 1.04 bits per heavy atom. The third kappa shape index (κ3) is 3.75. The van der Waals surface area contributed by atoms with Crippen molar-refractivity contribution in [2.24, 2.45) is 4.99 Å². The summed E-state index contributed by atoms with van der Waals surface area (Å²) in [6, 6.07) is 8.80. The van der Waals surface area contributed by atoms with Crippen molar-refractivity contribution in [3.05, 3.63) is 57.7 Å². The lowest BCUT2D eigenvalue weighted by atomic mass is 10.1. The molecule has 0 atom stereocenters. The van der Waals surface area contributed by atoms with Crippen LogP contribution in [0.2, 0.25) is 5.02 Å². The monoisotopic (exact) mass is 387 g/mol. The first-order valence-corrected chi connectivity index (χ1v) is 8.43. The van der Waals surface area contributed by atoms with E-state index in [4.69, 9.17) is 30.5 Å². The van der Waals surface area contributed by atoms with Crippen molar-refractivity contribution in [1.29, 1.82) is 0 Å². The molecule has 1 heterocycles. The molecule has 0 spiro atoms. The number of ether oxygens (including phenoxy) is 4. The highest BCUT2D eigenvalue weighted by Gasteiger charge is 2.25. The van der Waals surface area contributed by atoms with Crippen LogP contribution in [0.15, 0.2) is 41.0 Å². The van der Waals surface area contributed by atoms with Crippen molar-refractivity contribution in [1.82, 2.24) is 0 Å². The van der Waals surface area contributed by atoms with Crippen LogP contribution in [0.25, 0.3) is 6.08 Å². The van der Waals surface area contributed by atoms with E-state index >= 15 is 0 Å². The molecule has 7 heteroatoms. The summed E-state index contributed by atoms with van der Waals surface area (Å²) in [6.45, 7) is 1.89. The van der Waals surface area contributed by atoms with Crippen molar-refractivity contribution in [2.45, 2.75) is 6.92 Å². The van der Waals surface area contributed by atoms with Crippen LogP contribution in [0.3, 0.4) is 0 Å². The molecule has 0 unspecified atom stereocenters. The average Bonchev–Trinajstić information content (AvgIpc) is 3.03. The molecule has 2 aromatic carbocycles. The summed E-state index contributed by atoms with van der Waals surface area (Å²) < 4.78 is 21.2. The molecule has 0 amide bonds. The van der Waals surface area contributed by atoms with Gasteiger partial charge in [0.2, 0.25) is 11.6 Å². The number of methoxy groups -OCH3 is 3. The van der Waals surface area contributed by atoms with Crippen molar-refractivity contribution in [2.75, 3.05) is 21.3 Å². The first kappa shape index (κ1) is 18.8. The van der Waals surface area contributed by atoms with Gasteiger partial charge in [0.15, 0.2) is 17.2 Å². The Morgan fingerprint density at radius 3 is 2.26 bits per heavy atom. The molecule has 1 aliphatic rings. The molecule has 1 aliphatic heterocycles. The Morgan fingerprint density at radius 2 is 1.70 bits per heavy atom. The number of rotatable bonds is 5. The number of aryl methyl sites for hydroxylation is 1. The van der Waals surface area contributed by atoms with E-state index in [2.05, 4.69) is 4.99 Å². The van der Waals surface area contributed by atoms with Gasteiger partial charge in [0.25, 0.3) is 0 Å². The second-order valence-corrected chi connectivity index (χ2v) is 6.17. The van der Waals surface area contributed by atoms with Crippen molar-refractivity contribution < 1.29 is 23.7 Å². The first-order chi connectivity index (χ1) is 13.0. The second-order valence-electron chi connectivity index (χ2n) is 5.76. The summed E-state index contributed by atoms with van der Waals surface area (Å²) in [5, 5.41) is 0.577. The average molecular weight is 388 g/mol. The fraction of sp³-hybridized carbons (Fsp3) is 0.200. The molecular formula is C20H18ClNO5. The topological polar surface area (TPSA) is 66.4 Å². The van der Waals surface area contributed by atoms with Gasteiger partial charge in [0.05, 0.1) is 21.3 Å². The van der Waals surface area contributed by atoms with E-state index in [1.165, 1.54) is 21.3 Å². The highest BCUT2D eigenvalue weighted by molar-refractivity contribution is 6.31. The summed E-state index contributed by atoms with van der Waals surface area (Å²) in [5.74, 6) is 1.08. The van der Waals surface area contributed by atoms with E-state index in [0.29, 0.717) is 33.4 Å². The zero-order valence-electron chi connectivity index (χ0n) is 15.3. The van der Waals surface area contributed by atoms with Crippen LogP contribution in [-0.4, -0.2) is 33.2 Å². The number of carbonyl (C=O) groups excluding carboxylic acids is 1. The predicted molar refractivity (Wildman–Crippen MR) is 103 cm³/mol. The molecule has 0 saturated heterocycles. The van der Waals surface area contributed by atoms with Gasteiger partial charge in [-0.25, -0.2) is 9.79 Å². The molecule has 0 N–H and O–H groups in total. The van der Waals surface area contributed by atoms with Gasteiger partial charge < -0.3 is 18.9 Å². The van der Waals surface area contributed by atoms with Crippen LogP contribution in [0, 0.1) is 6.92 Å². The Kier molecular flexibility index (Phi) is 5.37. The lowest BCUT2D eigenvalue weighted by molar-refractivity contribution is -0.129. The fourth-order valence-electron chi connectivity index (χ4n) is 2.60. The van der Waals surface area contributed by atoms with Gasteiger partial charge in [-0.2, -0.15) is 0 Å². The van der Waals surface area contributed by atoms with Crippen molar-refractivity contribution in [3.8, 4) is 17.2 Å². The number of nitrogens with zero attached hydrogens (tertiary/aromatic N) is 1. The number of cyclic esters (lactones) is 1. The highest BCUT2D eigenvalue weighted by Crippen LogP contribution is 2.39. The minimum atomic E-state index is -0.546. The molecule has 2 aromatic rings. The number of halogens is 1.